The van der Waals surface area contributed by atoms with Crippen LogP contribution in [0, 0.1) is 11.7 Å². The van der Waals surface area contributed by atoms with Gasteiger partial charge in [0.1, 0.15) is 11.6 Å². The zero-order chi connectivity index (χ0) is 21.2. The molecule has 0 aromatic heterocycles. The Morgan fingerprint density at radius 1 is 1.24 bits per heavy atom. The van der Waals surface area contributed by atoms with E-state index in [0.29, 0.717) is 42.7 Å². The molecule has 0 aliphatic heterocycles. The SMILES string of the molecule is CN=C(NCCc1ccc(OC)cc1Cl)NCC(Cc1ccc(F)cc1)C(N)=O. The molecule has 4 N–H and O–H groups in total. The van der Waals surface area contributed by atoms with Crippen molar-refractivity contribution in [2.75, 3.05) is 27.2 Å². The summed E-state index contributed by atoms with van der Waals surface area (Å²) in [5, 5.41) is 6.94. The van der Waals surface area contributed by atoms with Crippen molar-refractivity contribution in [2.24, 2.45) is 16.6 Å². The fourth-order valence-electron chi connectivity index (χ4n) is 2.79. The van der Waals surface area contributed by atoms with E-state index in [1.807, 2.05) is 12.1 Å². The largest absolute Gasteiger partial charge is 0.497 e. The quantitative estimate of drug-likeness (QED) is 0.429. The van der Waals surface area contributed by atoms with E-state index in [0.717, 1.165) is 11.1 Å². The summed E-state index contributed by atoms with van der Waals surface area (Å²) >= 11 is 6.25. The maximum Gasteiger partial charge on any atom is 0.222 e. The van der Waals surface area contributed by atoms with Gasteiger partial charge in [0.2, 0.25) is 5.91 Å². The lowest BCUT2D eigenvalue weighted by molar-refractivity contribution is -0.121. The maximum atomic E-state index is 13.0. The predicted octanol–water partition coefficient (Wildman–Crippen LogP) is 2.54. The van der Waals surface area contributed by atoms with E-state index < -0.39 is 11.8 Å². The normalized spacial score (nSPS) is 12.3. The van der Waals surface area contributed by atoms with Crippen LogP contribution >= 0.6 is 11.6 Å². The lowest BCUT2D eigenvalue weighted by Crippen LogP contribution is -2.43. The van der Waals surface area contributed by atoms with Crippen LogP contribution in [0.3, 0.4) is 0 Å². The van der Waals surface area contributed by atoms with Crippen molar-refractivity contribution in [1.29, 1.82) is 0 Å². The monoisotopic (exact) mass is 420 g/mol. The minimum absolute atomic E-state index is 0.315. The molecule has 2 rings (SSSR count). The highest BCUT2D eigenvalue weighted by molar-refractivity contribution is 6.31. The Labute approximate surface area is 175 Å². The molecule has 0 saturated carbocycles. The first-order valence-electron chi connectivity index (χ1n) is 9.23. The van der Waals surface area contributed by atoms with Gasteiger partial charge in [0.05, 0.1) is 13.0 Å². The summed E-state index contributed by atoms with van der Waals surface area (Å²) in [6.07, 6.45) is 1.11. The Morgan fingerprint density at radius 3 is 2.55 bits per heavy atom. The van der Waals surface area contributed by atoms with Gasteiger partial charge >= 0.3 is 0 Å². The van der Waals surface area contributed by atoms with Crippen LogP contribution in [0.5, 0.6) is 5.75 Å². The minimum atomic E-state index is -0.449. The molecule has 0 fully saturated rings. The average Bonchev–Trinajstić information content (AvgIpc) is 2.71. The van der Waals surface area contributed by atoms with Gasteiger partial charge in [-0.05, 0) is 48.2 Å². The molecule has 1 atom stereocenters. The van der Waals surface area contributed by atoms with Crippen LogP contribution in [0.2, 0.25) is 5.02 Å². The van der Waals surface area contributed by atoms with Crippen LogP contribution in [0.4, 0.5) is 4.39 Å². The van der Waals surface area contributed by atoms with E-state index in [-0.39, 0.29) is 5.82 Å². The van der Waals surface area contributed by atoms with Gasteiger partial charge in [-0.15, -0.1) is 0 Å². The van der Waals surface area contributed by atoms with E-state index in [9.17, 15) is 9.18 Å². The number of hydrogen-bond acceptors (Lipinski definition) is 3. The number of methoxy groups -OCH3 is 1. The lowest BCUT2D eigenvalue weighted by atomic mass is 9.98. The van der Waals surface area contributed by atoms with E-state index >= 15 is 0 Å². The van der Waals surface area contributed by atoms with Gasteiger partial charge < -0.3 is 21.1 Å². The molecule has 29 heavy (non-hydrogen) atoms. The summed E-state index contributed by atoms with van der Waals surface area (Å²) in [5.41, 5.74) is 7.35. The molecule has 1 amide bonds. The average molecular weight is 421 g/mol. The maximum absolute atomic E-state index is 13.0. The Morgan fingerprint density at radius 2 is 1.97 bits per heavy atom. The number of guanidine groups is 1. The lowest BCUT2D eigenvalue weighted by Gasteiger charge is -2.17. The number of benzene rings is 2. The number of aliphatic imine (C=N–C) groups is 1. The Kier molecular flexibility index (Phi) is 8.73. The van der Waals surface area contributed by atoms with Crippen LogP contribution in [0.1, 0.15) is 11.1 Å². The van der Waals surface area contributed by atoms with Gasteiger partial charge in [-0.3, -0.25) is 9.79 Å². The fraction of sp³-hybridized carbons (Fsp3) is 0.333. The number of hydrogen-bond donors (Lipinski definition) is 3. The topological polar surface area (TPSA) is 88.7 Å². The smallest absolute Gasteiger partial charge is 0.222 e. The molecule has 0 saturated heterocycles. The fourth-order valence-corrected chi connectivity index (χ4v) is 3.06. The second-order valence-corrected chi connectivity index (χ2v) is 6.92. The second-order valence-electron chi connectivity index (χ2n) is 6.52. The molecule has 0 aliphatic rings. The van der Waals surface area contributed by atoms with Crippen molar-refractivity contribution in [2.45, 2.75) is 12.8 Å². The zero-order valence-corrected chi connectivity index (χ0v) is 17.3. The van der Waals surface area contributed by atoms with Gasteiger partial charge in [0.15, 0.2) is 5.96 Å². The highest BCUT2D eigenvalue weighted by atomic mass is 35.5. The van der Waals surface area contributed by atoms with Gasteiger partial charge in [-0.25, -0.2) is 4.39 Å². The number of halogens is 2. The number of rotatable bonds is 9. The molecule has 0 heterocycles. The third-order valence-corrected chi connectivity index (χ3v) is 4.84. The van der Waals surface area contributed by atoms with Crippen molar-refractivity contribution in [3.63, 3.8) is 0 Å². The van der Waals surface area contributed by atoms with Crippen molar-refractivity contribution in [1.82, 2.24) is 10.6 Å². The molecular weight excluding hydrogens is 395 g/mol. The van der Waals surface area contributed by atoms with Gasteiger partial charge in [0, 0.05) is 25.2 Å². The number of nitrogens with one attached hydrogen (secondary N) is 2. The van der Waals surface area contributed by atoms with E-state index in [4.69, 9.17) is 22.1 Å². The number of ether oxygens (including phenoxy) is 1. The summed E-state index contributed by atoms with van der Waals surface area (Å²) in [6.45, 7) is 0.917. The van der Waals surface area contributed by atoms with Crippen LogP contribution in [0.15, 0.2) is 47.5 Å². The van der Waals surface area contributed by atoms with Crippen molar-refractivity contribution >= 4 is 23.5 Å². The third-order valence-electron chi connectivity index (χ3n) is 4.48. The summed E-state index contributed by atoms with van der Waals surface area (Å²) in [7, 11) is 3.24. The number of carbonyl (C=O) groups excluding carboxylic acids is 1. The molecule has 6 nitrogen and oxygen atoms in total. The van der Waals surface area contributed by atoms with Gasteiger partial charge in [-0.1, -0.05) is 29.8 Å². The highest BCUT2D eigenvalue weighted by Gasteiger charge is 2.16. The predicted molar refractivity (Wildman–Crippen MR) is 114 cm³/mol. The summed E-state index contributed by atoms with van der Waals surface area (Å²) < 4.78 is 18.2. The zero-order valence-electron chi connectivity index (χ0n) is 16.5. The van der Waals surface area contributed by atoms with Gasteiger partial charge in [-0.2, -0.15) is 0 Å². The van der Waals surface area contributed by atoms with Crippen LogP contribution < -0.4 is 21.1 Å². The Bertz CT molecular complexity index is 843. The van der Waals surface area contributed by atoms with Crippen LogP contribution in [0.25, 0.3) is 0 Å². The molecule has 2 aromatic rings. The van der Waals surface area contributed by atoms with Crippen molar-refractivity contribution in [3.8, 4) is 5.75 Å². The number of nitrogens with two attached hydrogens (primary N) is 1. The highest BCUT2D eigenvalue weighted by Crippen LogP contribution is 2.22. The first-order chi connectivity index (χ1) is 13.9. The second kappa shape index (κ2) is 11.3. The molecule has 0 spiro atoms. The molecule has 0 radical (unpaired) electrons. The minimum Gasteiger partial charge on any atom is -0.497 e. The van der Waals surface area contributed by atoms with E-state index in [1.54, 1.807) is 32.4 Å². The number of primary amides is 1. The van der Waals surface area contributed by atoms with E-state index in [1.165, 1.54) is 12.1 Å². The van der Waals surface area contributed by atoms with Crippen LogP contribution in [-0.2, 0) is 17.6 Å². The number of amides is 1. The molecule has 0 bridgehead atoms. The summed E-state index contributed by atoms with van der Waals surface area (Å²) in [6, 6.07) is 11.6. The Balaban J connectivity index is 1.84. The third kappa shape index (κ3) is 7.27. The standard InChI is InChI=1S/C21H26ClFN4O2/c1-25-21(26-10-9-15-5-8-18(29-2)12-19(15)22)27-13-16(20(24)28)11-14-3-6-17(23)7-4-14/h3-8,12,16H,9-11,13H2,1-2H3,(H2,24,28)(H2,25,26,27). The molecular formula is C21H26ClFN4O2. The van der Waals surface area contributed by atoms with Crippen molar-refractivity contribution in [3.05, 3.63) is 64.4 Å². The summed E-state index contributed by atoms with van der Waals surface area (Å²) in [5.74, 6) is 0.0734. The first kappa shape index (κ1) is 22.5. The molecule has 8 heteroatoms. The molecule has 1 unspecified atom stereocenters. The summed E-state index contributed by atoms with van der Waals surface area (Å²) in [4.78, 5) is 15.9. The van der Waals surface area contributed by atoms with Crippen molar-refractivity contribution < 1.29 is 13.9 Å². The Hall–Kier alpha value is -2.80. The molecule has 156 valence electrons. The molecule has 0 aliphatic carbocycles. The number of nitrogens with zero attached hydrogens (tertiary/aromatic N) is 1. The van der Waals surface area contributed by atoms with Crippen LogP contribution in [-0.4, -0.2) is 39.1 Å². The molecule has 2 aromatic carbocycles. The first-order valence-corrected chi connectivity index (χ1v) is 9.61. The van der Waals surface area contributed by atoms with Gasteiger partial charge in [0.25, 0.3) is 0 Å². The van der Waals surface area contributed by atoms with E-state index in [2.05, 4.69) is 15.6 Å². The number of carbonyl (C=O) groups is 1.